The molecule has 1 aliphatic heterocycles. The van der Waals surface area contributed by atoms with Crippen molar-refractivity contribution in [2.75, 3.05) is 13.2 Å². The molecule has 0 unspecified atom stereocenters. The fraction of sp³-hybridized carbons (Fsp3) is 0.550. The number of nitrogens with zero attached hydrogens (tertiary/aromatic N) is 1. The fourth-order valence-corrected chi connectivity index (χ4v) is 3.30. The predicted molar refractivity (Wildman–Crippen MR) is 110 cm³/mol. The summed E-state index contributed by atoms with van der Waals surface area (Å²) < 4.78 is 10.5. The Kier molecular flexibility index (Phi) is 7.77. The summed E-state index contributed by atoms with van der Waals surface area (Å²) in [4.78, 5) is 38.9. The van der Waals surface area contributed by atoms with Crippen molar-refractivity contribution < 1.29 is 23.9 Å². The molecule has 0 saturated carbocycles. The van der Waals surface area contributed by atoms with Gasteiger partial charge in [-0.05, 0) is 58.7 Å². The van der Waals surface area contributed by atoms with Crippen LogP contribution in [0.15, 0.2) is 18.2 Å². The lowest BCUT2D eigenvalue weighted by molar-refractivity contribution is -0.150. The van der Waals surface area contributed by atoms with Gasteiger partial charge in [0.2, 0.25) is 0 Å². The summed E-state index contributed by atoms with van der Waals surface area (Å²) in [6, 6.07) is 3.50. The second-order valence-electron chi connectivity index (χ2n) is 7.78. The molecule has 0 aliphatic carbocycles. The zero-order valence-electron chi connectivity index (χ0n) is 17.0. The first kappa shape index (κ1) is 23.3. The van der Waals surface area contributed by atoms with Crippen LogP contribution in [0.4, 0.5) is 4.79 Å². The van der Waals surface area contributed by atoms with Crippen molar-refractivity contribution in [1.82, 2.24) is 10.2 Å². The quantitative estimate of drug-likeness (QED) is 0.707. The molecule has 2 rings (SSSR count). The molecule has 7 nitrogen and oxygen atoms in total. The number of ether oxygens (including phenoxy) is 2. The topological polar surface area (TPSA) is 84.9 Å². The van der Waals surface area contributed by atoms with E-state index >= 15 is 0 Å². The van der Waals surface area contributed by atoms with Gasteiger partial charge in [0.15, 0.2) is 0 Å². The van der Waals surface area contributed by atoms with E-state index < -0.39 is 23.7 Å². The maximum Gasteiger partial charge on any atom is 0.411 e. The fourth-order valence-electron chi connectivity index (χ4n) is 3.00. The molecule has 0 radical (unpaired) electrons. The molecule has 0 aromatic heterocycles. The van der Waals surface area contributed by atoms with Crippen molar-refractivity contribution in [3.8, 4) is 0 Å². The Hall–Kier alpha value is -1.99. The maximum atomic E-state index is 12.7. The average molecular weight is 445 g/mol. The van der Waals surface area contributed by atoms with E-state index in [9.17, 15) is 14.4 Å². The number of hydrogen-bond acceptors (Lipinski definition) is 5. The van der Waals surface area contributed by atoms with E-state index in [2.05, 4.69) is 5.32 Å². The van der Waals surface area contributed by atoms with Gasteiger partial charge >= 0.3 is 12.1 Å². The zero-order chi connectivity index (χ0) is 21.8. The lowest BCUT2D eigenvalue weighted by Crippen LogP contribution is -2.57. The van der Waals surface area contributed by atoms with E-state index in [1.54, 1.807) is 39.8 Å². The minimum Gasteiger partial charge on any atom is -0.464 e. The van der Waals surface area contributed by atoms with Gasteiger partial charge < -0.3 is 14.8 Å². The molecule has 0 bridgehead atoms. The number of benzene rings is 1. The summed E-state index contributed by atoms with van der Waals surface area (Å²) in [6.07, 6.45) is 0.240. The van der Waals surface area contributed by atoms with Crippen LogP contribution < -0.4 is 5.32 Å². The Balaban J connectivity index is 2.13. The zero-order valence-corrected chi connectivity index (χ0v) is 18.5. The highest BCUT2D eigenvalue weighted by atomic mass is 35.5. The van der Waals surface area contributed by atoms with Crippen molar-refractivity contribution in [3.63, 3.8) is 0 Å². The molecule has 9 heteroatoms. The molecule has 160 valence electrons. The Labute approximate surface area is 180 Å². The molecule has 1 saturated heterocycles. The monoisotopic (exact) mass is 444 g/mol. The molecule has 1 N–H and O–H groups in total. The first-order valence-electron chi connectivity index (χ1n) is 9.44. The first-order chi connectivity index (χ1) is 13.5. The third-order valence-electron chi connectivity index (χ3n) is 4.29. The molecule has 1 aromatic carbocycles. The van der Waals surface area contributed by atoms with E-state index in [0.717, 1.165) is 0 Å². The van der Waals surface area contributed by atoms with Crippen LogP contribution in [0.3, 0.4) is 0 Å². The van der Waals surface area contributed by atoms with Crippen LogP contribution in [0.2, 0.25) is 10.0 Å². The lowest BCUT2D eigenvalue weighted by Gasteiger charge is -2.39. The highest BCUT2D eigenvalue weighted by Gasteiger charge is 2.39. The highest BCUT2D eigenvalue weighted by molar-refractivity contribution is 6.42. The maximum absolute atomic E-state index is 12.7. The number of nitrogens with one attached hydrogen (secondary N) is 1. The Morgan fingerprint density at radius 1 is 1.17 bits per heavy atom. The second kappa shape index (κ2) is 9.67. The van der Waals surface area contributed by atoms with Gasteiger partial charge in [-0.1, -0.05) is 23.2 Å². The largest absolute Gasteiger partial charge is 0.464 e. The van der Waals surface area contributed by atoms with Crippen molar-refractivity contribution in [3.05, 3.63) is 33.8 Å². The summed E-state index contributed by atoms with van der Waals surface area (Å²) in [5.74, 6) is -0.820. The van der Waals surface area contributed by atoms with E-state index in [1.165, 1.54) is 11.0 Å². The molecule has 1 aliphatic rings. The molecule has 2 atom stereocenters. The first-order valence-corrected chi connectivity index (χ1v) is 10.2. The van der Waals surface area contributed by atoms with Crippen molar-refractivity contribution in [2.24, 2.45) is 0 Å². The molecule has 1 heterocycles. The minimum absolute atomic E-state index is 0.130. The van der Waals surface area contributed by atoms with Gasteiger partial charge in [0.05, 0.1) is 16.7 Å². The standard InChI is InChI=1S/C20H26Cl2N2O5/c1-5-28-18(26)16-9-7-13(11-24(16)19(27)29-20(2,3)4)23-17(25)12-6-8-14(21)15(22)10-12/h6,8,10,13,16H,5,7,9,11H2,1-4H3,(H,23,25)/t13-,16+/m1/s1. The smallest absolute Gasteiger partial charge is 0.411 e. The lowest BCUT2D eigenvalue weighted by atomic mass is 9.98. The Bertz CT molecular complexity index is 779. The normalized spacial score (nSPS) is 19.4. The van der Waals surface area contributed by atoms with Gasteiger partial charge in [-0.15, -0.1) is 0 Å². The molecule has 0 spiro atoms. The van der Waals surface area contributed by atoms with Crippen LogP contribution in [0.5, 0.6) is 0 Å². The Morgan fingerprint density at radius 2 is 1.86 bits per heavy atom. The van der Waals surface area contributed by atoms with Crippen LogP contribution >= 0.6 is 23.2 Å². The molecule has 2 amide bonds. The summed E-state index contributed by atoms with van der Waals surface area (Å²) in [7, 11) is 0. The molecular weight excluding hydrogens is 419 g/mol. The van der Waals surface area contributed by atoms with Crippen molar-refractivity contribution in [1.29, 1.82) is 0 Å². The van der Waals surface area contributed by atoms with Gasteiger partial charge in [0, 0.05) is 18.2 Å². The summed E-state index contributed by atoms with van der Waals surface area (Å²) in [5.41, 5.74) is -0.359. The number of carbonyl (C=O) groups excluding carboxylic acids is 3. The summed E-state index contributed by atoms with van der Waals surface area (Å²) >= 11 is 11.9. The molecule has 1 fully saturated rings. The number of piperidine rings is 1. The van der Waals surface area contributed by atoms with Crippen LogP contribution in [-0.2, 0) is 14.3 Å². The number of carbonyl (C=O) groups is 3. The van der Waals surface area contributed by atoms with Crippen molar-refractivity contribution in [2.45, 2.75) is 58.2 Å². The number of hydrogen-bond donors (Lipinski definition) is 1. The van der Waals surface area contributed by atoms with Gasteiger partial charge in [0.25, 0.3) is 5.91 Å². The average Bonchev–Trinajstić information content (AvgIpc) is 2.62. The summed E-state index contributed by atoms with van der Waals surface area (Å²) in [6.45, 7) is 7.30. The Morgan fingerprint density at radius 3 is 2.45 bits per heavy atom. The number of likely N-dealkylation sites (tertiary alicyclic amines) is 1. The highest BCUT2D eigenvalue weighted by Crippen LogP contribution is 2.24. The SMILES string of the molecule is CCOC(=O)[C@@H]1CC[C@@H](NC(=O)c2ccc(Cl)c(Cl)c2)CN1C(=O)OC(C)(C)C. The molecule has 29 heavy (non-hydrogen) atoms. The number of halogens is 2. The second-order valence-corrected chi connectivity index (χ2v) is 8.59. The molecule has 1 aromatic rings. The van der Waals surface area contributed by atoms with Crippen molar-refractivity contribution >= 4 is 41.2 Å². The molecular formula is C20H26Cl2N2O5. The number of rotatable bonds is 4. The van der Waals surface area contributed by atoms with Gasteiger partial charge in [-0.3, -0.25) is 9.69 Å². The van der Waals surface area contributed by atoms with E-state index in [1.807, 2.05) is 0 Å². The van der Waals surface area contributed by atoms with Gasteiger partial charge in [-0.25, -0.2) is 9.59 Å². The van der Waals surface area contributed by atoms with Crippen LogP contribution in [0, 0.1) is 0 Å². The van der Waals surface area contributed by atoms with Crippen LogP contribution in [0.1, 0.15) is 50.9 Å². The van der Waals surface area contributed by atoms with E-state index in [0.29, 0.717) is 23.4 Å². The number of amides is 2. The number of esters is 1. The van der Waals surface area contributed by atoms with Gasteiger partial charge in [0.1, 0.15) is 11.6 Å². The third kappa shape index (κ3) is 6.51. The van der Waals surface area contributed by atoms with Crippen LogP contribution in [0.25, 0.3) is 0 Å². The van der Waals surface area contributed by atoms with E-state index in [-0.39, 0.29) is 30.1 Å². The van der Waals surface area contributed by atoms with E-state index in [4.69, 9.17) is 32.7 Å². The van der Waals surface area contributed by atoms with Crippen LogP contribution in [-0.4, -0.2) is 53.7 Å². The predicted octanol–water partition coefficient (Wildman–Crippen LogP) is 4.05. The third-order valence-corrected chi connectivity index (χ3v) is 5.02. The minimum atomic E-state index is -0.747. The summed E-state index contributed by atoms with van der Waals surface area (Å²) in [5, 5.41) is 3.51. The van der Waals surface area contributed by atoms with Gasteiger partial charge in [-0.2, -0.15) is 0 Å².